The lowest BCUT2D eigenvalue weighted by Gasteiger charge is -2.28. The Labute approximate surface area is 156 Å². The van der Waals surface area contributed by atoms with Crippen LogP contribution in [-0.2, 0) is 9.53 Å². The molecule has 1 unspecified atom stereocenters. The molecule has 0 aliphatic carbocycles. The Morgan fingerprint density at radius 1 is 0.923 bits per heavy atom. The van der Waals surface area contributed by atoms with Gasteiger partial charge >= 0.3 is 5.97 Å². The van der Waals surface area contributed by atoms with Crippen LogP contribution in [0.1, 0.15) is 48.4 Å². The molecule has 0 amide bonds. The molecule has 0 aromatic heterocycles. The Hall–Kier alpha value is -2.49. The van der Waals surface area contributed by atoms with Crippen LogP contribution in [0.2, 0.25) is 0 Å². The third-order valence-corrected chi connectivity index (χ3v) is 4.52. The zero-order chi connectivity index (χ0) is 19.3. The summed E-state index contributed by atoms with van der Waals surface area (Å²) in [6.45, 7) is 7.75. The Morgan fingerprint density at radius 3 is 1.77 bits per heavy atom. The van der Waals surface area contributed by atoms with Gasteiger partial charge < -0.3 is 14.2 Å². The highest BCUT2D eigenvalue weighted by molar-refractivity contribution is 5.69. The Balaban J connectivity index is 2.62. The molecule has 0 saturated heterocycles. The predicted octanol–water partition coefficient (Wildman–Crippen LogP) is 4.79. The average Bonchev–Trinajstić information content (AvgIpc) is 2.63. The molecule has 140 valence electrons. The summed E-state index contributed by atoms with van der Waals surface area (Å²) in [6, 6.07) is 12.2. The number of esters is 1. The molecule has 26 heavy (non-hydrogen) atoms. The van der Waals surface area contributed by atoms with Crippen molar-refractivity contribution in [2.45, 2.75) is 46.1 Å². The quantitative estimate of drug-likeness (QED) is 0.669. The molecule has 0 aliphatic heterocycles. The standard InChI is InChI=1S/C22H28O4/c1-7-21(23)26-16(4)22(17-10-8-14(2)12-19(17)24-5)18-11-9-15(3)13-20(18)25-6/h8-13,16,22H,7H2,1-6H3. The minimum atomic E-state index is -0.365. The van der Waals surface area contributed by atoms with Gasteiger partial charge in [0.25, 0.3) is 0 Å². The van der Waals surface area contributed by atoms with Crippen LogP contribution in [-0.4, -0.2) is 26.3 Å². The molecule has 0 heterocycles. The minimum absolute atomic E-state index is 0.198. The fourth-order valence-corrected chi connectivity index (χ4v) is 3.18. The van der Waals surface area contributed by atoms with Gasteiger partial charge in [-0.2, -0.15) is 0 Å². The highest BCUT2D eigenvalue weighted by atomic mass is 16.5. The van der Waals surface area contributed by atoms with E-state index in [0.29, 0.717) is 6.42 Å². The maximum Gasteiger partial charge on any atom is 0.305 e. The van der Waals surface area contributed by atoms with E-state index in [2.05, 4.69) is 0 Å². The summed E-state index contributed by atoms with van der Waals surface area (Å²) in [5.41, 5.74) is 4.16. The maximum absolute atomic E-state index is 11.9. The Kier molecular flexibility index (Phi) is 6.67. The number of hydrogen-bond acceptors (Lipinski definition) is 4. The number of hydrogen-bond donors (Lipinski definition) is 0. The molecule has 0 saturated carbocycles. The molecular formula is C22H28O4. The first-order chi connectivity index (χ1) is 12.4. The molecule has 2 rings (SSSR count). The first kappa shape index (κ1) is 19.8. The molecule has 4 heteroatoms. The van der Waals surface area contributed by atoms with Crippen LogP contribution >= 0.6 is 0 Å². The average molecular weight is 356 g/mol. The van der Waals surface area contributed by atoms with Crippen LogP contribution in [0.4, 0.5) is 0 Å². The van der Waals surface area contributed by atoms with Crippen LogP contribution in [0, 0.1) is 13.8 Å². The lowest BCUT2D eigenvalue weighted by atomic mass is 9.85. The summed E-state index contributed by atoms with van der Waals surface area (Å²) in [7, 11) is 3.31. The lowest BCUT2D eigenvalue weighted by Crippen LogP contribution is -2.24. The molecule has 2 aromatic rings. The van der Waals surface area contributed by atoms with Crippen molar-refractivity contribution in [2.24, 2.45) is 0 Å². The van der Waals surface area contributed by atoms with Gasteiger partial charge in [0, 0.05) is 17.5 Å². The van der Waals surface area contributed by atoms with E-state index in [0.717, 1.165) is 33.8 Å². The second-order valence-electron chi connectivity index (χ2n) is 6.52. The van der Waals surface area contributed by atoms with Gasteiger partial charge in [-0.1, -0.05) is 31.2 Å². The summed E-state index contributed by atoms with van der Waals surface area (Å²) >= 11 is 0. The molecule has 0 bridgehead atoms. The minimum Gasteiger partial charge on any atom is -0.496 e. The molecule has 0 fully saturated rings. The van der Waals surface area contributed by atoms with Gasteiger partial charge in [-0.25, -0.2) is 0 Å². The van der Waals surface area contributed by atoms with E-state index in [4.69, 9.17) is 14.2 Å². The van der Waals surface area contributed by atoms with Crippen molar-refractivity contribution in [3.05, 3.63) is 58.7 Å². The van der Waals surface area contributed by atoms with E-state index in [1.165, 1.54) is 0 Å². The summed E-state index contributed by atoms with van der Waals surface area (Å²) in [4.78, 5) is 11.9. The van der Waals surface area contributed by atoms with Crippen molar-refractivity contribution in [1.29, 1.82) is 0 Å². The summed E-state index contributed by atoms with van der Waals surface area (Å²) in [5.74, 6) is 1.13. The molecule has 0 radical (unpaired) electrons. The van der Waals surface area contributed by atoms with Gasteiger partial charge in [-0.15, -0.1) is 0 Å². The maximum atomic E-state index is 11.9. The van der Waals surface area contributed by atoms with Crippen LogP contribution < -0.4 is 9.47 Å². The molecule has 0 N–H and O–H groups in total. The summed E-state index contributed by atoms with van der Waals surface area (Å²) < 4.78 is 16.9. The molecule has 0 aliphatic rings. The normalized spacial score (nSPS) is 12.0. The summed E-state index contributed by atoms with van der Waals surface area (Å²) in [6.07, 6.45) is -0.0247. The second kappa shape index (κ2) is 8.75. The lowest BCUT2D eigenvalue weighted by molar-refractivity contribution is -0.148. The van der Waals surface area contributed by atoms with Crippen molar-refractivity contribution >= 4 is 5.97 Å². The first-order valence-corrected chi connectivity index (χ1v) is 8.89. The van der Waals surface area contributed by atoms with Crippen LogP contribution in [0.3, 0.4) is 0 Å². The number of carbonyl (C=O) groups is 1. The molecular weight excluding hydrogens is 328 g/mol. The molecule has 1 atom stereocenters. The van der Waals surface area contributed by atoms with Crippen molar-refractivity contribution in [1.82, 2.24) is 0 Å². The number of aryl methyl sites for hydroxylation is 2. The second-order valence-corrected chi connectivity index (χ2v) is 6.52. The highest BCUT2D eigenvalue weighted by Crippen LogP contribution is 2.40. The zero-order valence-corrected chi connectivity index (χ0v) is 16.5. The Bertz CT molecular complexity index is 713. The Morgan fingerprint density at radius 2 is 1.38 bits per heavy atom. The van der Waals surface area contributed by atoms with E-state index in [9.17, 15) is 4.79 Å². The van der Waals surface area contributed by atoms with E-state index in [1.807, 2.05) is 57.2 Å². The van der Waals surface area contributed by atoms with Gasteiger partial charge in [0.2, 0.25) is 0 Å². The highest BCUT2D eigenvalue weighted by Gasteiger charge is 2.29. The van der Waals surface area contributed by atoms with Crippen molar-refractivity contribution in [3.63, 3.8) is 0 Å². The number of ether oxygens (including phenoxy) is 3. The van der Waals surface area contributed by atoms with Gasteiger partial charge in [-0.05, 0) is 44.0 Å². The van der Waals surface area contributed by atoms with E-state index < -0.39 is 0 Å². The fourth-order valence-electron chi connectivity index (χ4n) is 3.18. The van der Waals surface area contributed by atoms with Gasteiger partial charge in [0.15, 0.2) is 0 Å². The number of carbonyl (C=O) groups excluding carboxylic acids is 1. The van der Waals surface area contributed by atoms with Crippen molar-refractivity contribution in [2.75, 3.05) is 14.2 Å². The smallest absolute Gasteiger partial charge is 0.305 e. The topological polar surface area (TPSA) is 44.8 Å². The van der Waals surface area contributed by atoms with Crippen LogP contribution in [0.5, 0.6) is 11.5 Å². The van der Waals surface area contributed by atoms with Crippen molar-refractivity contribution < 1.29 is 19.0 Å². The zero-order valence-electron chi connectivity index (χ0n) is 16.5. The SMILES string of the molecule is CCC(=O)OC(C)C(c1ccc(C)cc1OC)c1ccc(C)cc1OC. The molecule has 0 spiro atoms. The van der Waals surface area contributed by atoms with Crippen LogP contribution in [0.15, 0.2) is 36.4 Å². The van der Waals surface area contributed by atoms with E-state index >= 15 is 0 Å². The predicted molar refractivity (Wildman–Crippen MR) is 103 cm³/mol. The molecule has 2 aromatic carbocycles. The first-order valence-electron chi connectivity index (χ1n) is 8.89. The van der Waals surface area contributed by atoms with Crippen molar-refractivity contribution in [3.8, 4) is 11.5 Å². The third kappa shape index (κ3) is 4.37. The van der Waals surface area contributed by atoms with Gasteiger partial charge in [0.1, 0.15) is 17.6 Å². The summed E-state index contributed by atoms with van der Waals surface area (Å²) in [5, 5.41) is 0. The van der Waals surface area contributed by atoms with Gasteiger partial charge in [0.05, 0.1) is 20.1 Å². The monoisotopic (exact) mass is 356 g/mol. The third-order valence-electron chi connectivity index (χ3n) is 4.52. The van der Waals surface area contributed by atoms with E-state index in [-0.39, 0.29) is 18.0 Å². The van der Waals surface area contributed by atoms with Crippen LogP contribution in [0.25, 0.3) is 0 Å². The number of rotatable bonds is 7. The molecule has 4 nitrogen and oxygen atoms in total. The number of methoxy groups -OCH3 is 2. The number of benzene rings is 2. The van der Waals surface area contributed by atoms with E-state index in [1.54, 1.807) is 21.1 Å². The van der Waals surface area contributed by atoms with Gasteiger partial charge in [-0.3, -0.25) is 4.79 Å². The fraction of sp³-hybridized carbons (Fsp3) is 0.409. The largest absolute Gasteiger partial charge is 0.496 e.